The van der Waals surface area contributed by atoms with Crippen molar-refractivity contribution >= 4 is 17.7 Å². The van der Waals surface area contributed by atoms with E-state index in [0.29, 0.717) is 25.4 Å². The summed E-state index contributed by atoms with van der Waals surface area (Å²) in [7, 11) is 1.66. The average Bonchev–Trinajstić information content (AvgIpc) is 3.04. The van der Waals surface area contributed by atoms with Crippen LogP contribution in [-0.4, -0.2) is 51.6 Å². The summed E-state index contributed by atoms with van der Waals surface area (Å²) < 4.78 is 6.97. The quantitative estimate of drug-likeness (QED) is 0.752. The van der Waals surface area contributed by atoms with Gasteiger partial charge in [0.15, 0.2) is 5.16 Å². The third kappa shape index (κ3) is 3.92. The van der Waals surface area contributed by atoms with Crippen LogP contribution in [0.3, 0.4) is 0 Å². The number of fused-ring (bicyclic) bond motifs is 1. The molecule has 0 aliphatic carbocycles. The molecule has 1 aliphatic heterocycles. The minimum absolute atomic E-state index is 0.144. The summed E-state index contributed by atoms with van der Waals surface area (Å²) >= 11 is 1.43. The topological polar surface area (TPSA) is 60.2 Å². The Labute approximate surface area is 139 Å². The fourth-order valence-corrected chi connectivity index (χ4v) is 3.47. The van der Waals surface area contributed by atoms with E-state index in [-0.39, 0.29) is 5.91 Å². The molecule has 1 amide bonds. The predicted molar refractivity (Wildman–Crippen MR) is 88.2 cm³/mol. The fraction of sp³-hybridized carbons (Fsp3) is 0.438. The lowest BCUT2D eigenvalue weighted by Gasteiger charge is -2.28. The standard InChI is InChI=1S/C16H20N4O2S/c1-22-9-8-20-12-17-18-16(20)23-11-15(21)19-7-6-13-4-2-3-5-14(13)10-19/h2-5,12H,6-11H2,1H3. The number of rotatable bonds is 6. The Balaban J connectivity index is 1.55. The van der Waals surface area contributed by atoms with Gasteiger partial charge in [-0.2, -0.15) is 0 Å². The molecule has 0 unspecified atom stereocenters. The van der Waals surface area contributed by atoms with Gasteiger partial charge in [-0.05, 0) is 17.5 Å². The Morgan fingerprint density at radius 2 is 2.17 bits per heavy atom. The lowest BCUT2D eigenvalue weighted by molar-refractivity contribution is -0.129. The Hall–Kier alpha value is -1.86. The molecule has 6 nitrogen and oxygen atoms in total. The number of aromatic nitrogens is 3. The Morgan fingerprint density at radius 1 is 1.35 bits per heavy atom. The van der Waals surface area contributed by atoms with Crippen molar-refractivity contribution in [1.29, 1.82) is 0 Å². The van der Waals surface area contributed by atoms with Crippen LogP contribution >= 0.6 is 11.8 Å². The molecule has 0 fully saturated rings. The van der Waals surface area contributed by atoms with E-state index in [0.717, 1.165) is 18.1 Å². The van der Waals surface area contributed by atoms with Gasteiger partial charge in [0.1, 0.15) is 6.33 Å². The molecule has 0 N–H and O–H groups in total. The molecular weight excluding hydrogens is 312 g/mol. The number of hydrogen-bond acceptors (Lipinski definition) is 5. The van der Waals surface area contributed by atoms with Crippen LogP contribution in [0.5, 0.6) is 0 Å². The van der Waals surface area contributed by atoms with Gasteiger partial charge < -0.3 is 14.2 Å². The van der Waals surface area contributed by atoms with Crippen LogP contribution in [0.2, 0.25) is 0 Å². The first-order chi connectivity index (χ1) is 11.3. The molecule has 0 spiro atoms. The van der Waals surface area contributed by atoms with Gasteiger partial charge in [0.25, 0.3) is 0 Å². The Bertz CT molecular complexity index is 674. The maximum atomic E-state index is 12.5. The summed E-state index contributed by atoms with van der Waals surface area (Å²) in [4.78, 5) is 14.4. The molecule has 0 bridgehead atoms. The van der Waals surface area contributed by atoms with E-state index in [1.807, 2.05) is 15.5 Å². The molecule has 122 valence electrons. The Morgan fingerprint density at radius 3 is 3.00 bits per heavy atom. The summed E-state index contributed by atoms with van der Waals surface area (Å²) in [5.41, 5.74) is 2.60. The minimum Gasteiger partial charge on any atom is -0.383 e. The number of methoxy groups -OCH3 is 1. The summed E-state index contributed by atoms with van der Waals surface area (Å²) in [6, 6.07) is 8.33. The number of amides is 1. The highest BCUT2D eigenvalue weighted by molar-refractivity contribution is 7.99. The molecule has 2 aromatic rings. The summed E-state index contributed by atoms with van der Waals surface area (Å²) in [6.07, 6.45) is 2.60. The number of carbonyl (C=O) groups excluding carboxylic acids is 1. The van der Waals surface area contributed by atoms with Crippen molar-refractivity contribution in [3.63, 3.8) is 0 Å². The van der Waals surface area contributed by atoms with Crippen LogP contribution in [0.1, 0.15) is 11.1 Å². The van der Waals surface area contributed by atoms with E-state index in [2.05, 4.69) is 28.4 Å². The van der Waals surface area contributed by atoms with Crippen LogP contribution in [0, 0.1) is 0 Å². The largest absolute Gasteiger partial charge is 0.383 e. The smallest absolute Gasteiger partial charge is 0.233 e. The molecule has 1 aliphatic rings. The van der Waals surface area contributed by atoms with E-state index in [1.165, 1.54) is 22.9 Å². The van der Waals surface area contributed by atoms with Crippen molar-refractivity contribution in [2.75, 3.05) is 26.0 Å². The van der Waals surface area contributed by atoms with Gasteiger partial charge >= 0.3 is 0 Å². The van der Waals surface area contributed by atoms with Crippen molar-refractivity contribution in [2.24, 2.45) is 0 Å². The lowest BCUT2D eigenvalue weighted by atomic mass is 10.00. The highest BCUT2D eigenvalue weighted by Gasteiger charge is 2.20. The highest BCUT2D eigenvalue weighted by atomic mass is 32.2. The zero-order valence-corrected chi connectivity index (χ0v) is 14.0. The summed E-state index contributed by atoms with van der Waals surface area (Å²) in [5.74, 6) is 0.527. The first-order valence-corrected chi connectivity index (χ1v) is 8.60. The number of nitrogens with zero attached hydrogens (tertiary/aromatic N) is 4. The fourth-order valence-electron chi connectivity index (χ4n) is 2.63. The Kier molecular flexibility index (Phi) is 5.30. The SMILES string of the molecule is COCCn1cnnc1SCC(=O)N1CCc2ccccc2C1. The second-order valence-electron chi connectivity index (χ2n) is 5.42. The molecule has 0 saturated carbocycles. The van der Waals surface area contributed by atoms with Crippen LogP contribution in [0.15, 0.2) is 35.7 Å². The van der Waals surface area contributed by atoms with Gasteiger partial charge in [-0.15, -0.1) is 10.2 Å². The zero-order chi connectivity index (χ0) is 16.1. The second kappa shape index (κ2) is 7.61. The van der Waals surface area contributed by atoms with Crippen LogP contribution in [-0.2, 0) is 29.0 Å². The van der Waals surface area contributed by atoms with Gasteiger partial charge in [-0.25, -0.2) is 0 Å². The third-order valence-electron chi connectivity index (χ3n) is 3.92. The maximum Gasteiger partial charge on any atom is 0.233 e. The maximum absolute atomic E-state index is 12.5. The molecule has 3 rings (SSSR count). The van der Waals surface area contributed by atoms with E-state index < -0.39 is 0 Å². The molecule has 0 atom stereocenters. The lowest BCUT2D eigenvalue weighted by Crippen LogP contribution is -2.37. The molecule has 7 heteroatoms. The van der Waals surface area contributed by atoms with Crippen LogP contribution < -0.4 is 0 Å². The van der Waals surface area contributed by atoms with Crippen molar-refractivity contribution in [3.05, 3.63) is 41.7 Å². The second-order valence-corrected chi connectivity index (χ2v) is 6.36. The number of hydrogen-bond donors (Lipinski definition) is 0. The molecule has 1 aromatic heterocycles. The first-order valence-electron chi connectivity index (χ1n) is 7.62. The molecule has 2 heterocycles. The van der Waals surface area contributed by atoms with E-state index in [1.54, 1.807) is 13.4 Å². The van der Waals surface area contributed by atoms with E-state index in [4.69, 9.17) is 4.74 Å². The van der Waals surface area contributed by atoms with Crippen molar-refractivity contribution in [3.8, 4) is 0 Å². The van der Waals surface area contributed by atoms with Gasteiger partial charge in [0.2, 0.25) is 5.91 Å². The normalized spacial score (nSPS) is 13.9. The molecule has 0 radical (unpaired) electrons. The number of benzene rings is 1. The average molecular weight is 332 g/mol. The van der Waals surface area contributed by atoms with Crippen molar-refractivity contribution in [2.45, 2.75) is 24.7 Å². The molecule has 1 aromatic carbocycles. The summed E-state index contributed by atoms with van der Waals surface area (Å²) in [6.45, 7) is 2.78. The number of thioether (sulfide) groups is 1. The minimum atomic E-state index is 0.144. The molecular formula is C16H20N4O2S. The van der Waals surface area contributed by atoms with Crippen molar-refractivity contribution < 1.29 is 9.53 Å². The monoisotopic (exact) mass is 332 g/mol. The van der Waals surface area contributed by atoms with Gasteiger partial charge in [-0.1, -0.05) is 36.0 Å². The van der Waals surface area contributed by atoms with E-state index >= 15 is 0 Å². The van der Waals surface area contributed by atoms with Crippen molar-refractivity contribution in [1.82, 2.24) is 19.7 Å². The van der Waals surface area contributed by atoms with E-state index in [9.17, 15) is 4.79 Å². The summed E-state index contributed by atoms with van der Waals surface area (Å²) in [5, 5.41) is 8.74. The molecule has 23 heavy (non-hydrogen) atoms. The third-order valence-corrected chi connectivity index (χ3v) is 4.89. The van der Waals surface area contributed by atoms with Gasteiger partial charge in [0.05, 0.1) is 12.4 Å². The zero-order valence-electron chi connectivity index (χ0n) is 13.1. The first kappa shape index (κ1) is 16.0. The highest BCUT2D eigenvalue weighted by Crippen LogP contribution is 2.21. The van der Waals surface area contributed by atoms with Crippen LogP contribution in [0.25, 0.3) is 0 Å². The van der Waals surface area contributed by atoms with Gasteiger partial charge in [0, 0.05) is 26.7 Å². The van der Waals surface area contributed by atoms with Gasteiger partial charge in [-0.3, -0.25) is 4.79 Å². The molecule has 0 saturated heterocycles. The number of carbonyl (C=O) groups is 1. The van der Waals surface area contributed by atoms with Crippen LogP contribution in [0.4, 0.5) is 0 Å². The number of ether oxygens (including phenoxy) is 1. The predicted octanol–water partition coefficient (Wildman–Crippen LogP) is 1.60.